The maximum absolute atomic E-state index is 5.88. The Kier molecular flexibility index (Phi) is 4.34. The fourth-order valence-corrected chi connectivity index (χ4v) is 2.95. The van der Waals surface area contributed by atoms with E-state index in [2.05, 4.69) is 29.0 Å². The lowest BCUT2D eigenvalue weighted by Gasteiger charge is -2.13. The van der Waals surface area contributed by atoms with Crippen LogP contribution >= 0.6 is 11.8 Å². The number of rotatable bonds is 4. The number of methoxy groups -OCH3 is 1. The van der Waals surface area contributed by atoms with E-state index in [1.807, 2.05) is 6.92 Å². The molecule has 0 atom stereocenters. The van der Waals surface area contributed by atoms with Gasteiger partial charge in [-0.2, -0.15) is 4.98 Å². The topological polar surface area (TPSA) is 87.0 Å². The summed E-state index contributed by atoms with van der Waals surface area (Å²) >= 11 is 1.55. The molecule has 0 aliphatic heterocycles. The molecule has 0 amide bonds. The van der Waals surface area contributed by atoms with E-state index in [9.17, 15) is 0 Å². The summed E-state index contributed by atoms with van der Waals surface area (Å²) in [6, 6.07) is 4.16. The van der Waals surface area contributed by atoms with Gasteiger partial charge >= 0.3 is 0 Å². The number of nitrogens with two attached hydrogens (primary N) is 2. The predicted octanol–water partition coefficient (Wildman–Crippen LogP) is 2.67. The minimum absolute atomic E-state index is 0.188. The first-order valence-corrected chi connectivity index (χ1v) is 7.10. The van der Waals surface area contributed by atoms with Crippen LogP contribution < -0.4 is 16.2 Å². The van der Waals surface area contributed by atoms with Gasteiger partial charge in [0.1, 0.15) is 11.6 Å². The van der Waals surface area contributed by atoms with Crippen molar-refractivity contribution in [2.24, 2.45) is 0 Å². The Morgan fingerprint density at radius 2 is 2.00 bits per heavy atom. The molecule has 1 aromatic carbocycles. The smallest absolute Gasteiger partial charge is 0.221 e. The highest BCUT2D eigenvalue weighted by Gasteiger charge is 2.11. The van der Waals surface area contributed by atoms with E-state index in [4.69, 9.17) is 16.2 Å². The highest BCUT2D eigenvalue weighted by Crippen LogP contribution is 2.36. The number of anilines is 2. The number of nitrogens with zero attached hydrogens (tertiary/aromatic N) is 2. The van der Waals surface area contributed by atoms with E-state index >= 15 is 0 Å². The largest absolute Gasteiger partial charge is 0.496 e. The van der Waals surface area contributed by atoms with E-state index in [1.54, 1.807) is 25.1 Å². The normalized spacial score (nSPS) is 10.6. The number of aryl methyl sites for hydroxylation is 2. The Morgan fingerprint density at radius 3 is 2.60 bits per heavy atom. The molecule has 0 unspecified atom stereocenters. The van der Waals surface area contributed by atoms with Gasteiger partial charge in [0, 0.05) is 11.1 Å². The molecule has 2 aromatic rings. The summed E-state index contributed by atoms with van der Waals surface area (Å²) < 4.78 is 5.36. The first kappa shape index (κ1) is 14.5. The molecule has 0 saturated carbocycles. The van der Waals surface area contributed by atoms with Crippen molar-refractivity contribution >= 4 is 23.5 Å². The third kappa shape index (κ3) is 2.96. The van der Waals surface area contributed by atoms with Gasteiger partial charge in [-0.1, -0.05) is 18.7 Å². The lowest BCUT2D eigenvalue weighted by atomic mass is 10.1. The number of hydrogen-bond donors (Lipinski definition) is 2. The summed E-state index contributed by atoms with van der Waals surface area (Å²) in [6.45, 7) is 4.13. The Labute approximate surface area is 122 Å². The molecule has 0 aliphatic rings. The maximum atomic E-state index is 5.88. The Bertz CT molecular complexity index is 631. The SMILES string of the molecule is CCc1cc(OC)c(C)cc1Sc1cnc(N)nc1N. The molecule has 2 rings (SSSR count). The zero-order valence-corrected chi connectivity index (χ0v) is 12.6. The quantitative estimate of drug-likeness (QED) is 0.900. The van der Waals surface area contributed by atoms with Crippen LogP contribution in [-0.4, -0.2) is 17.1 Å². The molecular weight excluding hydrogens is 272 g/mol. The second kappa shape index (κ2) is 6.00. The van der Waals surface area contributed by atoms with Gasteiger partial charge in [0.15, 0.2) is 0 Å². The van der Waals surface area contributed by atoms with Gasteiger partial charge < -0.3 is 16.2 Å². The Balaban J connectivity index is 2.40. The Morgan fingerprint density at radius 1 is 1.25 bits per heavy atom. The minimum atomic E-state index is 0.188. The van der Waals surface area contributed by atoms with Crippen LogP contribution in [-0.2, 0) is 6.42 Å². The lowest BCUT2D eigenvalue weighted by molar-refractivity contribution is 0.410. The molecule has 106 valence electrons. The van der Waals surface area contributed by atoms with Gasteiger partial charge in [-0.3, -0.25) is 0 Å². The maximum Gasteiger partial charge on any atom is 0.221 e. The molecule has 1 aromatic heterocycles. The molecule has 1 heterocycles. The number of benzene rings is 1. The summed E-state index contributed by atoms with van der Waals surface area (Å²) in [5.41, 5.74) is 13.7. The molecule has 4 N–H and O–H groups in total. The second-order valence-electron chi connectivity index (χ2n) is 4.36. The van der Waals surface area contributed by atoms with Gasteiger partial charge in [-0.15, -0.1) is 0 Å². The standard InChI is InChI=1S/C14H18N4OS/c1-4-9-6-10(19-3)8(2)5-11(9)20-12-7-17-14(16)18-13(12)15/h5-7H,4H2,1-3H3,(H4,15,16,17,18). The first-order valence-electron chi connectivity index (χ1n) is 6.28. The molecule has 5 nitrogen and oxygen atoms in total. The van der Waals surface area contributed by atoms with Crippen LogP contribution in [0.1, 0.15) is 18.1 Å². The molecule has 6 heteroatoms. The highest BCUT2D eigenvalue weighted by atomic mass is 32.2. The van der Waals surface area contributed by atoms with Crippen LogP contribution in [0.4, 0.5) is 11.8 Å². The molecule has 0 spiro atoms. The summed E-state index contributed by atoms with van der Waals surface area (Å²) in [4.78, 5) is 9.90. The number of hydrogen-bond acceptors (Lipinski definition) is 6. The van der Waals surface area contributed by atoms with E-state index in [1.165, 1.54) is 5.56 Å². The summed E-state index contributed by atoms with van der Waals surface area (Å²) in [6.07, 6.45) is 2.57. The van der Waals surface area contributed by atoms with Gasteiger partial charge in [0.05, 0.1) is 12.0 Å². The van der Waals surface area contributed by atoms with Gasteiger partial charge in [-0.25, -0.2) is 4.98 Å². The Hall–Kier alpha value is -1.95. The van der Waals surface area contributed by atoms with Crippen molar-refractivity contribution in [3.63, 3.8) is 0 Å². The average molecular weight is 290 g/mol. The van der Waals surface area contributed by atoms with Gasteiger partial charge in [-0.05, 0) is 36.6 Å². The summed E-state index contributed by atoms with van der Waals surface area (Å²) in [5, 5.41) is 0. The van der Waals surface area contributed by atoms with Crippen molar-refractivity contribution in [1.82, 2.24) is 9.97 Å². The molecule has 0 saturated heterocycles. The van der Waals surface area contributed by atoms with Crippen LogP contribution in [0.3, 0.4) is 0 Å². The lowest BCUT2D eigenvalue weighted by Crippen LogP contribution is -2.00. The van der Waals surface area contributed by atoms with Crippen LogP contribution in [0.5, 0.6) is 5.75 Å². The van der Waals surface area contributed by atoms with Crippen molar-refractivity contribution in [3.8, 4) is 5.75 Å². The second-order valence-corrected chi connectivity index (χ2v) is 5.45. The van der Waals surface area contributed by atoms with Gasteiger partial charge in [0.25, 0.3) is 0 Å². The predicted molar refractivity (Wildman–Crippen MR) is 82.1 cm³/mol. The molecule has 0 bridgehead atoms. The molecule has 0 radical (unpaired) electrons. The number of aromatic nitrogens is 2. The van der Waals surface area contributed by atoms with Crippen LogP contribution in [0.15, 0.2) is 28.1 Å². The fraction of sp³-hybridized carbons (Fsp3) is 0.286. The monoisotopic (exact) mass is 290 g/mol. The van der Waals surface area contributed by atoms with Crippen molar-refractivity contribution in [3.05, 3.63) is 29.5 Å². The van der Waals surface area contributed by atoms with E-state index in [0.717, 1.165) is 27.5 Å². The van der Waals surface area contributed by atoms with Gasteiger partial charge in [0.2, 0.25) is 5.95 Å². The first-order chi connectivity index (χ1) is 9.55. The fourth-order valence-electron chi connectivity index (χ4n) is 1.89. The molecule has 0 aliphatic carbocycles. The van der Waals surface area contributed by atoms with Crippen LogP contribution in [0.25, 0.3) is 0 Å². The number of nitrogen functional groups attached to an aromatic ring is 2. The van der Waals surface area contributed by atoms with E-state index in [0.29, 0.717) is 5.82 Å². The molecule has 20 heavy (non-hydrogen) atoms. The zero-order chi connectivity index (χ0) is 14.7. The zero-order valence-electron chi connectivity index (χ0n) is 11.8. The third-order valence-electron chi connectivity index (χ3n) is 2.98. The highest BCUT2D eigenvalue weighted by molar-refractivity contribution is 7.99. The van der Waals surface area contributed by atoms with Crippen molar-refractivity contribution in [2.45, 2.75) is 30.1 Å². The van der Waals surface area contributed by atoms with E-state index < -0.39 is 0 Å². The van der Waals surface area contributed by atoms with Crippen LogP contribution in [0.2, 0.25) is 0 Å². The summed E-state index contributed by atoms with van der Waals surface area (Å²) in [5.74, 6) is 1.49. The number of ether oxygens (including phenoxy) is 1. The third-order valence-corrected chi connectivity index (χ3v) is 4.11. The van der Waals surface area contributed by atoms with Crippen LogP contribution in [0, 0.1) is 6.92 Å². The average Bonchev–Trinajstić information content (AvgIpc) is 2.42. The van der Waals surface area contributed by atoms with E-state index in [-0.39, 0.29) is 5.95 Å². The molecular formula is C14H18N4OS. The summed E-state index contributed by atoms with van der Waals surface area (Å²) in [7, 11) is 1.68. The van der Waals surface area contributed by atoms with Crippen molar-refractivity contribution in [2.75, 3.05) is 18.6 Å². The minimum Gasteiger partial charge on any atom is -0.496 e. The van der Waals surface area contributed by atoms with Crippen molar-refractivity contribution in [1.29, 1.82) is 0 Å². The van der Waals surface area contributed by atoms with Crippen molar-refractivity contribution < 1.29 is 4.74 Å². The molecule has 0 fully saturated rings.